The number of para-hydroxylation sites is 1. The molecule has 0 aliphatic carbocycles. The van der Waals surface area contributed by atoms with Crippen LogP contribution in [0.1, 0.15) is 31.9 Å². The van der Waals surface area contributed by atoms with Crippen LogP contribution in [0, 0.1) is 6.92 Å². The molecule has 0 amide bonds. The Labute approximate surface area is 157 Å². The van der Waals surface area contributed by atoms with Crippen LogP contribution in [0.4, 0.5) is 5.69 Å². The van der Waals surface area contributed by atoms with Crippen LogP contribution in [0.3, 0.4) is 0 Å². The van der Waals surface area contributed by atoms with Gasteiger partial charge in [0.25, 0.3) is 0 Å². The molecule has 7 heteroatoms. The van der Waals surface area contributed by atoms with E-state index in [2.05, 4.69) is 9.88 Å². The molecule has 0 saturated heterocycles. The van der Waals surface area contributed by atoms with Crippen molar-refractivity contribution < 1.29 is 41.4 Å². The zero-order valence-corrected chi connectivity index (χ0v) is 16.1. The van der Waals surface area contributed by atoms with Gasteiger partial charge in [-0.3, -0.25) is 10.2 Å². The molecule has 0 fully saturated rings. The molecule has 2 aromatic carbocycles. The second kappa shape index (κ2) is 11.5. The van der Waals surface area contributed by atoms with Gasteiger partial charge in [-0.15, -0.1) is 0 Å². The number of benzene rings is 2. The number of phenolic OH excluding ortho intramolecular Hbond substituents is 2. The molecular formula is C18H23NO5V. The second-order valence-corrected chi connectivity index (χ2v) is 6.01. The van der Waals surface area contributed by atoms with Crippen LogP contribution in [0.25, 0.3) is 0 Å². The molecule has 25 heavy (non-hydrogen) atoms. The van der Waals surface area contributed by atoms with E-state index in [1.807, 2.05) is 19.1 Å². The van der Waals surface area contributed by atoms with E-state index in [1.165, 1.54) is 6.21 Å². The van der Waals surface area contributed by atoms with Gasteiger partial charge in [0, 0.05) is 11.8 Å². The van der Waals surface area contributed by atoms with Gasteiger partial charge in [-0.2, -0.15) is 0 Å². The van der Waals surface area contributed by atoms with Gasteiger partial charge in [-0.05, 0) is 57.5 Å². The number of rotatable bonds is 2. The Morgan fingerprint density at radius 2 is 1.60 bits per heavy atom. The summed E-state index contributed by atoms with van der Waals surface area (Å²) in [6, 6.07) is 12.2. The van der Waals surface area contributed by atoms with E-state index in [9.17, 15) is 10.2 Å². The summed E-state index contributed by atoms with van der Waals surface area (Å²) in [5, 5.41) is 27.1. The summed E-state index contributed by atoms with van der Waals surface area (Å²) in [4.78, 5) is 8.08. The summed E-state index contributed by atoms with van der Waals surface area (Å²) in [5.41, 5.74) is 1.68. The molecule has 0 aliphatic rings. The number of hydrogen-bond acceptors (Lipinski definition) is 6. The van der Waals surface area contributed by atoms with Crippen molar-refractivity contribution in [1.82, 2.24) is 0 Å². The molecule has 0 aromatic heterocycles. The van der Waals surface area contributed by atoms with E-state index in [4.69, 9.17) is 8.93 Å². The molecule has 0 atom stereocenters. The van der Waals surface area contributed by atoms with Crippen molar-refractivity contribution in [3.05, 3.63) is 53.6 Å². The van der Waals surface area contributed by atoms with Gasteiger partial charge in [0.15, 0.2) is 0 Å². The van der Waals surface area contributed by atoms with Crippen molar-refractivity contribution in [2.24, 2.45) is 4.99 Å². The maximum absolute atomic E-state index is 9.66. The van der Waals surface area contributed by atoms with Gasteiger partial charge >= 0.3 is 21.0 Å². The van der Waals surface area contributed by atoms with Crippen LogP contribution in [-0.2, 0) is 25.9 Å². The molecule has 0 heterocycles. The monoisotopic (exact) mass is 384 g/mol. The zero-order chi connectivity index (χ0) is 19.5. The van der Waals surface area contributed by atoms with Crippen molar-refractivity contribution in [1.29, 1.82) is 0 Å². The van der Waals surface area contributed by atoms with Crippen LogP contribution in [0.15, 0.2) is 47.5 Å². The van der Waals surface area contributed by atoms with Crippen molar-refractivity contribution in [2.75, 3.05) is 0 Å². The second-order valence-electron chi connectivity index (χ2n) is 6.01. The van der Waals surface area contributed by atoms with E-state index in [-0.39, 0.29) is 11.5 Å². The van der Waals surface area contributed by atoms with Crippen molar-refractivity contribution >= 4 is 11.9 Å². The summed E-state index contributed by atoms with van der Waals surface area (Å²) in [6.45, 7) is 7.21. The quantitative estimate of drug-likeness (QED) is 0.407. The number of aliphatic imine (C=N–C) groups is 1. The number of phenols is 2. The number of aromatic hydroxyl groups is 2. The molecule has 2 aromatic rings. The zero-order valence-electron chi connectivity index (χ0n) is 14.7. The summed E-state index contributed by atoms with van der Waals surface area (Å²) in [6.07, 6.45) is 1.53. The average Bonchev–Trinajstić information content (AvgIpc) is 2.57. The number of nitrogens with zero attached hydrogens (tertiary/aromatic N) is 1. The molecule has 135 valence electrons. The standard InChI is InChI=1S/C14H13NO2.C4H10O2.O.V/c1-10-6-7-12(14(17)8-10)15-9-11-4-2-3-5-13(11)16;1-4(2,3)6-5;;/h2-9,16-17H,1H3;5H,1-3H3;;. The molecule has 2 rings (SSSR count). The van der Waals surface area contributed by atoms with Gasteiger partial charge in [-0.25, -0.2) is 4.89 Å². The van der Waals surface area contributed by atoms with Gasteiger partial charge in [0.05, 0.1) is 5.60 Å². The van der Waals surface area contributed by atoms with E-state index in [0.29, 0.717) is 11.3 Å². The van der Waals surface area contributed by atoms with Crippen LogP contribution >= 0.6 is 0 Å². The summed E-state index contributed by atoms with van der Waals surface area (Å²) in [7, 11) is 0. The third kappa shape index (κ3) is 9.79. The third-order valence-electron chi connectivity index (χ3n) is 2.68. The molecule has 6 nitrogen and oxygen atoms in total. The molecular weight excluding hydrogens is 361 g/mol. The van der Waals surface area contributed by atoms with E-state index >= 15 is 0 Å². The van der Waals surface area contributed by atoms with Crippen LogP contribution in [0.5, 0.6) is 11.5 Å². The fourth-order valence-electron chi connectivity index (χ4n) is 1.48. The molecule has 3 N–H and O–H groups in total. The van der Waals surface area contributed by atoms with Gasteiger partial charge in [0.2, 0.25) is 0 Å². The number of aryl methyl sites for hydroxylation is 1. The van der Waals surface area contributed by atoms with E-state index in [1.54, 1.807) is 51.1 Å². The first-order valence-corrected chi connectivity index (χ1v) is 7.92. The molecule has 0 saturated carbocycles. The Bertz CT molecular complexity index is 683. The first-order valence-electron chi connectivity index (χ1n) is 7.35. The fraction of sp³-hybridized carbons (Fsp3) is 0.278. The molecule has 0 aliphatic heterocycles. The topological polar surface area (TPSA) is 99.3 Å². The Hall–Kier alpha value is -1.99. The third-order valence-corrected chi connectivity index (χ3v) is 2.68. The minimum atomic E-state index is -0.403. The van der Waals surface area contributed by atoms with Crippen LogP contribution < -0.4 is 0 Å². The maximum atomic E-state index is 9.66. The predicted molar refractivity (Wildman–Crippen MR) is 92.4 cm³/mol. The Morgan fingerprint density at radius 1 is 1.04 bits per heavy atom. The van der Waals surface area contributed by atoms with Gasteiger partial charge in [0.1, 0.15) is 17.2 Å². The van der Waals surface area contributed by atoms with Crippen molar-refractivity contribution in [3.63, 3.8) is 0 Å². The van der Waals surface area contributed by atoms with Crippen molar-refractivity contribution in [2.45, 2.75) is 33.3 Å². The summed E-state index contributed by atoms with van der Waals surface area (Å²) >= 11 is 1.06. The van der Waals surface area contributed by atoms with E-state index < -0.39 is 5.60 Å². The van der Waals surface area contributed by atoms with Crippen LogP contribution in [0.2, 0.25) is 0 Å². The molecule has 0 unspecified atom stereocenters. The van der Waals surface area contributed by atoms with Gasteiger partial charge in [-0.1, -0.05) is 18.2 Å². The SMILES string of the molecule is CC(C)(C)OO.Cc1ccc(N=Cc2ccccc2O)c(O)c1.[O]=[V]. The molecule has 0 spiro atoms. The summed E-state index contributed by atoms with van der Waals surface area (Å²) < 4.78 is 8.19. The normalized spacial score (nSPS) is 10.4. The van der Waals surface area contributed by atoms with Gasteiger partial charge < -0.3 is 10.2 Å². The summed E-state index contributed by atoms with van der Waals surface area (Å²) in [5.74, 6) is 0.305. The minimum absolute atomic E-state index is 0.136. The Morgan fingerprint density at radius 3 is 2.08 bits per heavy atom. The number of hydrogen-bond donors (Lipinski definition) is 3. The fourth-order valence-corrected chi connectivity index (χ4v) is 1.48. The molecule has 0 radical (unpaired) electrons. The predicted octanol–water partition coefficient (Wildman–Crippen LogP) is 4.31. The first kappa shape index (κ1) is 23.0. The van der Waals surface area contributed by atoms with E-state index in [0.717, 1.165) is 22.9 Å². The van der Waals surface area contributed by atoms with Crippen LogP contribution in [-0.4, -0.2) is 27.3 Å². The van der Waals surface area contributed by atoms with Crippen molar-refractivity contribution in [3.8, 4) is 11.5 Å². The average molecular weight is 384 g/mol. The Balaban J connectivity index is 0.000000614. The first-order chi connectivity index (χ1) is 11.7. The molecule has 0 bridgehead atoms. The Kier molecular flexibility index (Phi) is 10.6.